The van der Waals surface area contributed by atoms with Crippen molar-refractivity contribution in [2.75, 3.05) is 33.0 Å². The van der Waals surface area contributed by atoms with Gasteiger partial charge in [-0.25, -0.2) is 0 Å². The summed E-state index contributed by atoms with van der Waals surface area (Å²) in [6.07, 6.45) is 0. The normalized spacial score (nSPS) is 28.1. The molecule has 0 N–H and O–H groups in total. The zero-order chi connectivity index (χ0) is 14.1. The fourth-order valence-electron chi connectivity index (χ4n) is 1.55. The third kappa shape index (κ3) is 3.49. The molecule has 10 heteroatoms. The third-order valence-electron chi connectivity index (χ3n) is 2.84. The second-order valence-corrected chi connectivity index (χ2v) is 7.86. The van der Waals surface area contributed by atoms with E-state index in [-0.39, 0.29) is 19.8 Å². The number of nitrogens with zero attached hydrogens (tertiary/aromatic N) is 1. The molecule has 0 atom stereocenters. The molecule has 2 heterocycles. The van der Waals surface area contributed by atoms with Crippen molar-refractivity contribution in [2.45, 2.75) is 25.2 Å². The predicted octanol–water partition coefficient (Wildman–Crippen LogP) is 1.07. The van der Waals surface area contributed by atoms with Gasteiger partial charge in [-0.15, -0.1) is 0 Å². The van der Waals surface area contributed by atoms with E-state index in [9.17, 15) is 10.1 Å². The Balaban J connectivity index is 2.01. The molecule has 0 saturated carbocycles. The number of nitro groups is 1. The quantitative estimate of drug-likeness (QED) is 0.432. The smallest absolute Gasteiger partial charge is 0.327 e. The van der Waals surface area contributed by atoms with Crippen molar-refractivity contribution >= 4 is 18.5 Å². The van der Waals surface area contributed by atoms with Crippen LogP contribution in [0.3, 0.4) is 0 Å². The van der Waals surface area contributed by atoms with E-state index in [2.05, 4.69) is 0 Å². The number of hydrogen-bond acceptors (Lipinski definition) is 8. The van der Waals surface area contributed by atoms with Gasteiger partial charge >= 0.3 is 6.72 Å². The van der Waals surface area contributed by atoms with Gasteiger partial charge in [-0.2, -0.15) is 0 Å². The van der Waals surface area contributed by atoms with Gasteiger partial charge in [-0.3, -0.25) is 10.1 Å². The summed E-state index contributed by atoms with van der Waals surface area (Å²) in [5.74, 6) is -0.833. The molecule has 0 aromatic carbocycles. The summed E-state index contributed by atoms with van der Waals surface area (Å²) in [5, 5.41) is 11.3. The van der Waals surface area contributed by atoms with Crippen LogP contribution in [0.1, 0.15) is 13.8 Å². The maximum atomic E-state index is 11.3. The Morgan fingerprint density at radius 3 is 2.32 bits per heavy atom. The molecule has 0 amide bonds. The van der Waals surface area contributed by atoms with Gasteiger partial charge in [-0.1, -0.05) is 0 Å². The fourth-order valence-corrected chi connectivity index (χ4v) is 3.37. The SMILES string of the molecule is CC1(C)OCC(COP2(=S)OCCO2)([N+](=O)[O-])CO1. The van der Waals surface area contributed by atoms with Gasteiger partial charge in [-0.05, 0) is 25.7 Å². The standard InChI is InChI=1S/C9H16NO7PS/c1-8(2)13-5-9(6-14-8,10(11)12)7-17-18(19)15-3-4-16-18/h3-7H2,1-2H3. The zero-order valence-corrected chi connectivity index (χ0v) is 12.4. The molecule has 0 unspecified atom stereocenters. The Labute approximate surface area is 115 Å². The van der Waals surface area contributed by atoms with Crippen molar-refractivity contribution in [1.29, 1.82) is 0 Å². The first-order chi connectivity index (χ1) is 8.77. The molecule has 0 spiro atoms. The van der Waals surface area contributed by atoms with E-state index < -0.39 is 23.0 Å². The van der Waals surface area contributed by atoms with Crippen molar-refractivity contribution in [3.63, 3.8) is 0 Å². The van der Waals surface area contributed by atoms with Crippen molar-refractivity contribution in [3.8, 4) is 0 Å². The zero-order valence-electron chi connectivity index (χ0n) is 10.7. The molecule has 2 fully saturated rings. The molecule has 2 saturated heterocycles. The van der Waals surface area contributed by atoms with Gasteiger partial charge in [0.15, 0.2) is 5.79 Å². The molecule has 110 valence electrons. The van der Waals surface area contributed by atoms with Crippen molar-refractivity contribution in [2.24, 2.45) is 0 Å². The van der Waals surface area contributed by atoms with Gasteiger partial charge in [0.05, 0.1) is 13.2 Å². The van der Waals surface area contributed by atoms with Gasteiger partial charge in [0.2, 0.25) is 0 Å². The molecule has 0 radical (unpaired) electrons. The Hall–Kier alpha value is -0.150. The summed E-state index contributed by atoms with van der Waals surface area (Å²) in [4.78, 5) is 10.8. The van der Waals surface area contributed by atoms with Crippen LogP contribution in [0.2, 0.25) is 0 Å². The first-order valence-corrected chi connectivity index (χ1v) is 8.29. The van der Waals surface area contributed by atoms with Gasteiger partial charge in [0.1, 0.15) is 19.8 Å². The van der Waals surface area contributed by atoms with Gasteiger partial charge in [0, 0.05) is 4.92 Å². The van der Waals surface area contributed by atoms with E-state index in [0.29, 0.717) is 13.2 Å². The maximum Gasteiger partial charge on any atom is 0.327 e. The lowest BCUT2D eigenvalue weighted by atomic mass is 10.0. The van der Waals surface area contributed by atoms with Crippen LogP contribution in [-0.4, -0.2) is 49.3 Å². The third-order valence-corrected chi connectivity index (χ3v) is 5.23. The molecular formula is C9H16NO7PS. The van der Waals surface area contributed by atoms with Crippen LogP contribution in [0, 0.1) is 10.1 Å². The highest BCUT2D eigenvalue weighted by atomic mass is 32.5. The highest BCUT2D eigenvalue weighted by molar-refractivity contribution is 8.07. The van der Waals surface area contributed by atoms with E-state index in [1.807, 2.05) is 0 Å². The van der Waals surface area contributed by atoms with Crippen molar-refractivity contribution in [1.82, 2.24) is 0 Å². The van der Waals surface area contributed by atoms with E-state index in [1.54, 1.807) is 13.8 Å². The molecule has 2 rings (SSSR count). The summed E-state index contributed by atoms with van der Waals surface area (Å²) in [7, 11) is 0. The van der Waals surface area contributed by atoms with Gasteiger partial charge < -0.3 is 23.0 Å². The summed E-state index contributed by atoms with van der Waals surface area (Å²) in [6.45, 7) is 0.786. The molecule has 0 aliphatic carbocycles. The monoisotopic (exact) mass is 313 g/mol. The predicted molar refractivity (Wildman–Crippen MR) is 67.8 cm³/mol. The van der Waals surface area contributed by atoms with Crippen molar-refractivity contribution < 1.29 is 28.0 Å². The molecule has 19 heavy (non-hydrogen) atoms. The Bertz CT molecular complexity index is 395. The van der Waals surface area contributed by atoms with Crippen LogP contribution < -0.4 is 0 Å². The Morgan fingerprint density at radius 2 is 1.84 bits per heavy atom. The van der Waals surface area contributed by atoms with Crippen LogP contribution in [0.25, 0.3) is 0 Å². The topological polar surface area (TPSA) is 89.3 Å². The van der Waals surface area contributed by atoms with Crippen LogP contribution >= 0.6 is 6.72 Å². The first-order valence-electron chi connectivity index (χ1n) is 5.73. The second-order valence-electron chi connectivity index (χ2n) is 4.85. The maximum absolute atomic E-state index is 11.3. The number of hydrogen-bond donors (Lipinski definition) is 0. The average molecular weight is 313 g/mol. The minimum atomic E-state index is -2.83. The Morgan fingerprint density at radius 1 is 1.32 bits per heavy atom. The van der Waals surface area contributed by atoms with Gasteiger partial charge in [0.25, 0.3) is 5.54 Å². The lowest BCUT2D eigenvalue weighted by Crippen LogP contribution is -2.58. The van der Waals surface area contributed by atoms with E-state index in [0.717, 1.165) is 0 Å². The fraction of sp³-hybridized carbons (Fsp3) is 1.00. The average Bonchev–Trinajstić information content (AvgIpc) is 2.76. The second kappa shape index (κ2) is 5.33. The molecule has 2 aliphatic heterocycles. The van der Waals surface area contributed by atoms with Crippen LogP contribution in [-0.2, 0) is 34.9 Å². The van der Waals surface area contributed by atoms with Crippen LogP contribution in [0.5, 0.6) is 0 Å². The summed E-state index contributed by atoms with van der Waals surface area (Å²) >= 11 is 5.06. The highest BCUT2D eigenvalue weighted by Gasteiger charge is 2.52. The molecule has 0 aromatic heterocycles. The van der Waals surface area contributed by atoms with Crippen molar-refractivity contribution in [3.05, 3.63) is 10.1 Å². The van der Waals surface area contributed by atoms with E-state index in [4.69, 9.17) is 34.9 Å². The van der Waals surface area contributed by atoms with E-state index in [1.165, 1.54) is 0 Å². The highest BCUT2D eigenvalue weighted by Crippen LogP contribution is 2.53. The summed E-state index contributed by atoms with van der Waals surface area (Å²) < 4.78 is 26.4. The van der Waals surface area contributed by atoms with Crippen LogP contribution in [0.4, 0.5) is 0 Å². The summed E-state index contributed by atoms with van der Waals surface area (Å²) in [6, 6.07) is 0. The molecule has 2 aliphatic rings. The lowest BCUT2D eigenvalue weighted by molar-refractivity contribution is -0.597. The minimum absolute atomic E-state index is 0.109. The molecular weight excluding hydrogens is 297 g/mol. The molecule has 0 aromatic rings. The Kier molecular flexibility index (Phi) is 4.27. The molecule has 0 bridgehead atoms. The largest absolute Gasteiger partial charge is 0.343 e. The lowest BCUT2D eigenvalue weighted by Gasteiger charge is -2.37. The molecule has 8 nitrogen and oxygen atoms in total. The number of rotatable bonds is 4. The van der Waals surface area contributed by atoms with E-state index >= 15 is 0 Å². The number of ether oxygens (including phenoxy) is 2. The summed E-state index contributed by atoms with van der Waals surface area (Å²) in [5.41, 5.74) is -1.48. The first kappa shape index (κ1) is 15.2. The minimum Gasteiger partial charge on any atom is -0.343 e. The van der Waals surface area contributed by atoms with Crippen LogP contribution in [0.15, 0.2) is 0 Å².